The molecule has 0 aliphatic rings. The average molecular weight is 268 g/mol. The first-order valence-electron chi connectivity index (χ1n) is 6.56. The largest absolute Gasteiger partial charge is 0.491 e. The molecular formula is C15H24O4. The molecule has 0 aliphatic carbocycles. The Morgan fingerprint density at radius 3 is 2.53 bits per heavy atom. The first-order valence-corrected chi connectivity index (χ1v) is 6.56. The van der Waals surface area contributed by atoms with E-state index in [9.17, 15) is 5.11 Å². The Kier molecular flexibility index (Phi) is 7.48. The molecule has 0 spiro atoms. The minimum Gasteiger partial charge on any atom is -0.491 e. The van der Waals surface area contributed by atoms with Gasteiger partial charge < -0.3 is 19.3 Å². The first kappa shape index (κ1) is 16.0. The summed E-state index contributed by atoms with van der Waals surface area (Å²) >= 11 is 0. The van der Waals surface area contributed by atoms with E-state index >= 15 is 0 Å². The molecule has 4 heteroatoms. The molecule has 0 radical (unpaired) electrons. The van der Waals surface area contributed by atoms with Gasteiger partial charge in [-0.3, -0.25) is 0 Å². The maximum Gasteiger partial charge on any atom is 0.125 e. The molecule has 1 aromatic carbocycles. The monoisotopic (exact) mass is 268 g/mol. The molecule has 0 heterocycles. The lowest BCUT2D eigenvalue weighted by molar-refractivity contribution is 0.0977. The molecule has 0 fully saturated rings. The molecule has 1 rings (SSSR count). The van der Waals surface area contributed by atoms with Crippen molar-refractivity contribution in [3.05, 3.63) is 29.8 Å². The third-order valence-electron chi connectivity index (χ3n) is 2.90. The third kappa shape index (κ3) is 5.59. The molecule has 19 heavy (non-hydrogen) atoms. The van der Waals surface area contributed by atoms with Gasteiger partial charge in [0.15, 0.2) is 0 Å². The number of rotatable bonds is 9. The standard InChI is InChI=1S/C15H24O4/c1-12(11-18-3)10-14(16)13-6-4-5-7-15(13)19-9-8-17-2/h4-7,12,14,16H,8-11H2,1-3H3. The molecule has 1 N–H and O–H groups in total. The summed E-state index contributed by atoms with van der Waals surface area (Å²) in [6, 6.07) is 7.57. The highest BCUT2D eigenvalue weighted by Crippen LogP contribution is 2.29. The summed E-state index contributed by atoms with van der Waals surface area (Å²) in [7, 11) is 3.31. The zero-order valence-electron chi connectivity index (χ0n) is 12.0. The van der Waals surface area contributed by atoms with Crippen LogP contribution >= 0.6 is 0 Å². The first-order chi connectivity index (χ1) is 9.19. The van der Waals surface area contributed by atoms with Crippen LogP contribution in [0.1, 0.15) is 25.0 Å². The van der Waals surface area contributed by atoms with Crippen LogP contribution in [0.2, 0.25) is 0 Å². The lowest BCUT2D eigenvalue weighted by atomic mass is 9.98. The van der Waals surface area contributed by atoms with Gasteiger partial charge in [-0.2, -0.15) is 0 Å². The van der Waals surface area contributed by atoms with E-state index in [1.807, 2.05) is 24.3 Å². The summed E-state index contributed by atoms with van der Waals surface area (Å²) in [6.45, 7) is 3.71. The Morgan fingerprint density at radius 2 is 1.84 bits per heavy atom. The fourth-order valence-electron chi connectivity index (χ4n) is 1.98. The molecule has 0 aromatic heterocycles. The number of hydrogen-bond donors (Lipinski definition) is 1. The predicted octanol–water partition coefficient (Wildman–Crippen LogP) is 2.42. The van der Waals surface area contributed by atoms with E-state index in [1.54, 1.807) is 14.2 Å². The maximum absolute atomic E-state index is 10.3. The van der Waals surface area contributed by atoms with Crippen molar-refractivity contribution in [3.8, 4) is 5.75 Å². The summed E-state index contributed by atoms with van der Waals surface area (Å²) in [5, 5.41) is 10.3. The third-order valence-corrected chi connectivity index (χ3v) is 2.90. The molecule has 1 aromatic rings. The summed E-state index contributed by atoms with van der Waals surface area (Å²) in [4.78, 5) is 0. The molecule has 108 valence electrons. The number of methoxy groups -OCH3 is 2. The van der Waals surface area contributed by atoms with Gasteiger partial charge in [0, 0.05) is 26.4 Å². The average Bonchev–Trinajstić information content (AvgIpc) is 2.39. The lowest BCUT2D eigenvalue weighted by Crippen LogP contribution is -2.12. The Hall–Kier alpha value is -1.10. The maximum atomic E-state index is 10.3. The van der Waals surface area contributed by atoms with Crippen LogP contribution in [0.3, 0.4) is 0 Å². The quantitative estimate of drug-likeness (QED) is 0.699. The summed E-state index contributed by atoms with van der Waals surface area (Å²) in [6.07, 6.45) is 0.113. The molecule has 0 amide bonds. The van der Waals surface area contributed by atoms with Gasteiger partial charge in [-0.1, -0.05) is 25.1 Å². The molecule has 0 aliphatic heterocycles. The number of hydrogen-bond acceptors (Lipinski definition) is 4. The second-order valence-corrected chi connectivity index (χ2v) is 4.69. The number of ether oxygens (including phenoxy) is 3. The van der Waals surface area contributed by atoms with Gasteiger partial charge in [0.1, 0.15) is 12.4 Å². The molecule has 0 bridgehead atoms. The van der Waals surface area contributed by atoms with Crippen molar-refractivity contribution >= 4 is 0 Å². The fraction of sp³-hybridized carbons (Fsp3) is 0.600. The van der Waals surface area contributed by atoms with E-state index in [0.29, 0.717) is 32.2 Å². The van der Waals surface area contributed by atoms with Crippen LogP contribution in [0.4, 0.5) is 0 Å². The lowest BCUT2D eigenvalue weighted by Gasteiger charge is -2.19. The van der Waals surface area contributed by atoms with Crippen LogP contribution in [-0.4, -0.2) is 39.1 Å². The van der Waals surface area contributed by atoms with Crippen molar-refractivity contribution in [2.24, 2.45) is 5.92 Å². The number of aliphatic hydroxyl groups is 1. The summed E-state index contributed by atoms with van der Waals surface area (Å²) in [5.74, 6) is 1.02. The Bertz CT molecular complexity index is 354. The summed E-state index contributed by atoms with van der Waals surface area (Å²) in [5.41, 5.74) is 0.821. The fourth-order valence-corrected chi connectivity index (χ4v) is 1.98. The van der Waals surface area contributed by atoms with Crippen LogP contribution in [0.5, 0.6) is 5.75 Å². The highest BCUT2D eigenvalue weighted by Gasteiger charge is 2.16. The van der Waals surface area contributed by atoms with E-state index < -0.39 is 6.10 Å². The zero-order valence-corrected chi connectivity index (χ0v) is 12.0. The van der Waals surface area contributed by atoms with Gasteiger partial charge >= 0.3 is 0 Å². The topological polar surface area (TPSA) is 47.9 Å². The molecular weight excluding hydrogens is 244 g/mol. The normalized spacial score (nSPS) is 14.1. The van der Waals surface area contributed by atoms with Crippen molar-refractivity contribution in [2.45, 2.75) is 19.4 Å². The predicted molar refractivity (Wildman–Crippen MR) is 74.4 cm³/mol. The minimum absolute atomic E-state index is 0.298. The summed E-state index contributed by atoms with van der Waals surface area (Å²) < 4.78 is 15.7. The van der Waals surface area contributed by atoms with Gasteiger partial charge in [0.2, 0.25) is 0 Å². The van der Waals surface area contributed by atoms with Crippen LogP contribution in [0.25, 0.3) is 0 Å². The molecule has 0 saturated carbocycles. The van der Waals surface area contributed by atoms with Crippen molar-refractivity contribution < 1.29 is 19.3 Å². The van der Waals surface area contributed by atoms with Crippen molar-refractivity contribution in [1.29, 1.82) is 0 Å². The van der Waals surface area contributed by atoms with Crippen LogP contribution < -0.4 is 4.74 Å². The Balaban J connectivity index is 2.64. The molecule has 0 saturated heterocycles. The van der Waals surface area contributed by atoms with Gasteiger partial charge in [0.25, 0.3) is 0 Å². The van der Waals surface area contributed by atoms with Gasteiger partial charge in [-0.25, -0.2) is 0 Å². The van der Waals surface area contributed by atoms with Crippen molar-refractivity contribution in [2.75, 3.05) is 34.0 Å². The van der Waals surface area contributed by atoms with E-state index in [2.05, 4.69) is 6.92 Å². The highest BCUT2D eigenvalue weighted by molar-refractivity contribution is 5.35. The molecule has 2 atom stereocenters. The van der Waals surface area contributed by atoms with Gasteiger partial charge in [-0.05, 0) is 18.4 Å². The van der Waals surface area contributed by atoms with Crippen LogP contribution in [-0.2, 0) is 9.47 Å². The zero-order chi connectivity index (χ0) is 14.1. The van der Waals surface area contributed by atoms with Crippen molar-refractivity contribution in [1.82, 2.24) is 0 Å². The molecule has 4 nitrogen and oxygen atoms in total. The number of para-hydroxylation sites is 1. The second-order valence-electron chi connectivity index (χ2n) is 4.69. The van der Waals surface area contributed by atoms with Gasteiger partial charge in [0.05, 0.1) is 12.7 Å². The van der Waals surface area contributed by atoms with E-state index in [0.717, 1.165) is 11.3 Å². The molecule has 2 unspecified atom stereocenters. The Morgan fingerprint density at radius 1 is 1.11 bits per heavy atom. The van der Waals surface area contributed by atoms with E-state index in [4.69, 9.17) is 14.2 Å². The smallest absolute Gasteiger partial charge is 0.125 e. The highest BCUT2D eigenvalue weighted by atomic mass is 16.5. The number of benzene rings is 1. The second kappa shape index (κ2) is 8.91. The van der Waals surface area contributed by atoms with Crippen LogP contribution in [0, 0.1) is 5.92 Å². The van der Waals surface area contributed by atoms with Crippen LogP contribution in [0.15, 0.2) is 24.3 Å². The van der Waals surface area contributed by atoms with Crippen molar-refractivity contribution in [3.63, 3.8) is 0 Å². The van der Waals surface area contributed by atoms with E-state index in [1.165, 1.54) is 0 Å². The SMILES string of the molecule is COCCOc1ccccc1C(O)CC(C)COC. The van der Waals surface area contributed by atoms with Gasteiger partial charge in [-0.15, -0.1) is 0 Å². The number of aliphatic hydroxyl groups excluding tert-OH is 1. The van der Waals surface area contributed by atoms with E-state index in [-0.39, 0.29) is 0 Å². The minimum atomic E-state index is -0.538. The Labute approximate surface area is 115 Å².